The third-order valence-corrected chi connectivity index (χ3v) is 3.53. The zero-order chi connectivity index (χ0) is 10.1. The first-order valence-corrected chi connectivity index (χ1v) is 6.24. The molecule has 0 heterocycles. The summed E-state index contributed by atoms with van der Waals surface area (Å²) >= 11 is 3.19. The fourth-order valence-corrected chi connectivity index (χ4v) is 2.41. The van der Waals surface area contributed by atoms with Crippen molar-refractivity contribution in [1.82, 2.24) is 0 Å². The maximum atomic E-state index is 10.3. The van der Waals surface area contributed by atoms with Gasteiger partial charge in [-0.25, -0.2) is 0 Å². The van der Waals surface area contributed by atoms with Gasteiger partial charge in [-0.3, -0.25) is 4.79 Å². The van der Waals surface area contributed by atoms with Crippen molar-refractivity contribution in [2.24, 2.45) is 5.73 Å². The molecule has 13 heavy (non-hydrogen) atoms. The van der Waals surface area contributed by atoms with Crippen LogP contribution in [0.4, 0.5) is 0 Å². The van der Waals surface area contributed by atoms with Crippen LogP contribution < -0.4 is 5.73 Å². The summed E-state index contributed by atoms with van der Waals surface area (Å²) in [6.07, 6.45) is 0. The Labute approximate surface area is 86.3 Å². The Morgan fingerprint density at radius 2 is 1.92 bits per heavy atom. The Morgan fingerprint density at radius 3 is 2.46 bits per heavy atom. The van der Waals surface area contributed by atoms with Crippen LogP contribution in [0.3, 0.4) is 0 Å². The van der Waals surface area contributed by atoms with Crippen LogP contribution >= 0.6 is 23.5 Å². The first-order valence-electron chi connectivity index (χ1n) is 3.93. The van der Waals surface area contributed by atoms with Crippen LogP contribution in [0.25, 0.3) is 0 Å². The second kappa shape index (κ2) is 8.68. The molecule has 4 nitrogen and oxygen atoms in total. The Bertz CT molecular complexity index is 146. The van der Waals surface area contributed by atoms with Crippen LogP contribution in [0.15, 0.2) is 0 Å². The van der Waals surface area contributed by atoms with Gasteiger partial charge < -0.3 is 15.9 Å². The number of hydrogen-bond donors (Lipinski definition) is 3. The Kier molecular flexibility index (Phi) is 8.74. The van der Waals surface area contributed by atoms with Crippen molar-refractivity contribution in [3.05, 3.63) is 0 Å². The molecule has 0 saturated carbocycles. The predicted octanol–water partition coefficient (Wildman–Crippen LogP) is -0.143. The van der Waals surface area contributed by atoms with Crippen LogP contribution in [0, 0.1) is 0 Å². The van der Waals surface area contributed by atoms with Gasteiger partial charge in [0.15, 0.2) is 0 Å². The van der Waals surface area contributed by atoms with Crippen LogP contribution in [-0.4, -0.2) is 51.8 Å². The molecule has 78 valence electrons. The SMILES string of the molecule is N[C@@H](CSCCSCCO)C(=O)O. The minimum absolute atomic E-state index is 0.198. The molecule has 4 N–H and O–H groups in total. The molecule has 0 aromatic carbocycles. The highest BCUT2D eigenvalue weighted by Crippen LogP contribution is 2.07. The number of rotatable bonds is 8. The van der Waals surface area contributed by atoms with Crippen molar-refractivity contribution < 1.29 is 15.0 Å². The lowest BCUT2D eigenvalue weighted by atomic mass is 10.4. The summed E-state index contributed by atoms with van der Waals surface area (Å²) in [5, 5.41) is 16.9. The molecule has 0 aromatic heterocycles. The van der Waals surface area contributed by atoms with E-state index >= 15 is 0 Å². The number of thioether (sulfide) groups is 2. The van der Waals surface area contributed by atoms with E-state index in [4.69, 9.17) is 15.9 Å². The number of carboxylic acid groups (broad SMARTS) is 1. The molecule has 0 unspecified atom stereocenters. The van der Waals surface area contributed by atoms with Crippen molar-refractivity contribution in [1.29, 1.82) is 0 Å². The van der Waals surface area contributed by atoms with Gasteiger partial charge in [0.1, 0.15) is 6.04 Å². The minimum Gasteiger partial charge on any atom is -0.480 e. The summed E-state index contributed by atoms with van der Waals surface area (Å²) in [4.78, 5) is 10.3. The van der Waals surface area contributed by atoms with E-state index < -0.39 is 12.0 Å². The summed E-state index contributed by atoms with van der Waals surface area (Å²) in [6, 6.07) is -0.757. The zero-order valence-electron chi connectivity index (χ0n) is 7.31. The van der Waals surface area contributed by atoms with Crippen LogP contribution in [0.2, 0.25) is 0 Å². The summed E-state index contributed by atoms with van der Waals surface area (Å²) in [5.41, 5.74) is 5.29. The zero-order valence-corrected chi connectivity index (χ0v) is 8.94. The minimum atomic E-state index is -0.949. The summed E-state index contributed by atoms with van der Waals surface area (Å²) in [7, 11) is 0. The number of aliphatic hydroxyl groups is 1. The second-order valence-corrected chi connectivity index (χ2v) is 4.73. The third kappa shape index (κ3) is 8.42. The van der Waals surface area contributed by atoms with Gasteiger partial charge in [0.25, 0.3) is 0 Å². The van der Waals surface area contributed by atoms with Crippen molar-refractivity contribution in [2.45, 2.75) is 6.04 Å². The normalized spacial score (nSPS) is 12.8. The number of carboxylic acids is 1. The summed E-state index contributed by atoms with van der Waals surface area (Å²) in [6.45, 7) is 0.198. The highest BCUT2D eigenvalue weighted by molar-refractivity contribution is 8.02. The summed E-state index contributed by atoms with van der Waals surface area (Å²) < 4.78 is 0. The van der Waals surface area contributed by atoms with Crippen LogP contribution in [0.5, 0.6) is 0 Å². The van der Waals surface area contributed by atoms with Gasteiger partial charge in [-0.15, -0.1) is 0 Å². The Morgan fingerprint density at radius 1 is 1.31 bits per heavy atom. The quantitative estimate of drug-likeness (QED) is 0.499. The fourth-order valence-electron chi connectivity index (χ4n) is 0.566. The fraction of sp³-hybridized carbons (Fsp3) is 0.857. The number of hydrogen-bond acceptors (Lipinski definition) is 5. The standard InChI is InChI=1S/C7H15NO3S2/c8-6(7(10)11)5-13-4-3-12-2-1-9/h6,9H,1-5,8H2,(H,10,11)/t6-/m0/s1. The van der Waals surface area contributed by atoms with Crippen molar-refractivity contribution in [3.63, 3.8) is 0 Å². The molecule has 0 rings (SSSR count). The predicted molar refractivity (Wildman–Crippen MR) is 57.3 cm³/mol. The average molecular weight is 225 g/mol. The van der Waals surface area contributed by atoms with Crippen molar-refractivity contribution in [2.75, 3.05) is 29.6 Å². The van der Waals surface area contributed by atoms with Crippen molar-refractivity contribution >= 4 is 29.5 Å². The molecule has 0 aliphatic heterocycles. The third-order valence-electron chi connectivity index (χ3n) is 1.22. The highest BCUT2D eigenvalue weighted by Gasteiger charge is 2.10. The maximum absolute atomic E-state index is 10.3. The van der Waals surface area contributed by atoms with E-state index in [1.54, 1.807) is 11.8 Å². The number of aliphatic hydroxyl groups excluding tert-OH is 1. The first kappa shape index (κ1) is 13.1. The van der Waals surface area contributed by atoms with Gasteiger partial charge >= 0.3 is 5.97 Å². The van der Waals surface area contributed by atoms with Gasteiger partial charge in [0.05, 0.1) is 6.61 Å². The molecule has 0 aliphatic carbocycles. The van der Waals surface area contributed by atoms with E-state index in [1.807, 2.05) is 0 Å². The molecule has 0 fully saturated rings. The topological polar surface area (TPSA) is 83.5 Å². The van der Waals surface area contributed by atoms with Gasteiger partial charge in [0, 0.05) is 23.0 Å². The molecule has 6 heteroatoms. The van der Waals surface area contributed by atoms with E-state index in [0.717, 1.165) is 17.3 Å². The van der Waals surface area contributed by atoms with Gasteiger partial charge in [-0.05, 0) is 0 Å². The monoisotopic (exact) mass is 225 g/mol. The highest BCUT2D eigenvalue weighted by atomic mass is 32.2. The number of aliphatic carboxylic acids is 1. The molecule has 0 bridgehead atoms. The van der Waals surface area contributed by atoms with Gasteiger partial charge in [-0.1, -0.05) is 0 Å². The molecular weight excluding hydrogens is 210 g/mol. The van der Waals surface area contributed by atoms with E-state index in [0.29, 0.717) is 5.75 Å². The van der Waals surface area contributed by atoms with E-state index in [-0.39, 0.29) is 6.61 Å². The van der Waals surface area contributed by atoms with Crippen LogP contribution in [0.1, 0.15) is 0 Å². The molecule has 0 saturated heterocycles. The summed E-state index contributed by atoms with van der Waals surface area (Å²) in [5.74, 6) is 2.06. The Hall–Kier alpha value is 0.0900. The largest absolute Gasteiger partial charge is 0.480 e. The van der Waals surface area contributed by atoms with Crippen LogP contribution in [-0.2, 0) is 4.79 Å². The molecule has 0 amide bonds. The molecule has 0 spiro atoms. The maximum Gasteiger partial charge on any atom is 0.321 e. The van der Waals surface area contributed by atoms with E-state index in [1.165, 1.54) is 11.8 Å². The average Bonchev–Trinajstić information content (AvgIpc) is 2.10. The van der Waals surface area contributed by atoms with E-state index in [2.05, 4.69) is 0 Å². The lowest BCUT2D eigenvalue weighted by Gasteiger charge is -2.05. The molecular formula is C7H15NO3S2. The molecule has 1 atom stereocenters. The first-order chi connectivity index (χ1) is 6.18. The molecule has 0 radical (unpaired) electrons. The van der Waals surface area contributed by atoms with Gasteiger partial charge in [-0.2, -0.15) is 23.5 Å². The van der Waals surface area contributed by atoms with E-state index in [9.17, 15) is 4.79 Å². The molecule has 0 aliphatic rings. The second-order valence-electron chi connectivity index (χ2n) is 2.36. The molecule has 0 aromatic rings. The number of nitrogens with two attached hydrogens (primary N) is 1. The lowest BCUT2D eigenvalue weighted by molar-refractivity contribution is -0.137. The lowest BCUT2D eigenvalue weighted by Crippen LogP contribution is -2.32. The number of carbonyl (C=O) groups is 1. The van der Waals surface area contributed by atoms with Crippen molar-refractivity contribution in [3.8, 4) is 0 Å². The Balaban J connectivity index is 3.11. The smallest absolute Gasteiger partial charge is 0.321 e. The van der Waals surface area contributed by atoms with Gasteiger partial charge in [0.2, 0.25) is 0 Å².